The van der Waals surface area contributed by atoms with Crippen LogP contribution in [0.4, 0.5) is 0 Å². The van der Waals surface area contributed by atoms with E-state index in [-0.39, 0.29) is 10.9 Å². The molecule has 2 aromatic heterocycles. The number of fused-ring (bicyclic) bond motifs is 3. The van der Waals surface area contributed by atoms with Gasteiger partial charge >= 0.3 is 238 Å². The van der Waals surface area contributed by atoms with E-state index in [1.165, 1.54) is 16.7 Å². The summed E-state index contributed by atoms with van der Waals surface area (Å²) in [6.45, 7) is 1.77. The summed E-state index contributed by atoms with van der Waals surface area (Å²) in [6.07, 6.45) is 0. The Hall–Kier alpha value is -5.02. The van der Waals surface area contributed by atoms with Gasteiger partial charge in [-0.05, 0) is 0 Å². The van der Waals surface area contributed by atoms with Crippen LogP contribution in [0, 0.1) is 0 Å². The second-order valence-electron chi connectivity index (χ2n) is 11.3. The molecule has 2 nitrogen and oxygen atoms in total. The van der Waals surface area contributed by atoms with E-state index in [1.807, 2.05) is 24.3 Å². The maximum atomic E-state index is 6.62. The average molecular weight is 560 g/mol. The topological polar surface area (TPSA) is 17.8 Å². The molecule has 198 valence electrons. The summed E-state index contributed by atoms with van der Waals surface area (Å²) in [5.41, 5.74) is 8.98. The van der Waals surface area contributed by atoms with Crippen molar-refractivity contribution in [1.82, 2.24) is 9.55 Å². The molecule has 6 aromatic carbocycles. The molecule has 0 fully saturated rings. The zero-order chi connectivity index (χ0) is 30.7. The Morgan fingerprint density at radius 3 is 1.69 bits per heavy atom. The molecule has 8 rings (SSSR count). The Morgan fingerprint density at radius 2 is 1.02 bits per heavy atom. The molecule has 0 unspecified atom stereocenters. The van der Waals surface area contributed by atoms with E-state index in [2.05, 4.69) is 108 Å². The molecule has 8 radical (unpaired) electrons. The van der Waals surface area contributed by atoms with Gasteiger partial charge in [0.25, 0.3) is 0 Å². The monoisotopic (exact) mass is 560 g/mol. The quantitative estimate of drug-likeness (QED) is 0.223. The first-order chi connectivity index (χ1) is 22.0. The van der Waals surface area contributed by atoms with Gasteiger partial charge in [-0.15, -0.1) is 0 Å². The van der Waals surface area contributed by atoms with Gasteiger partial charge in [0.15, 0.2) is 0 Å². The number of rotatable bonds is 4. The predicted octanol–water partition coefficient (Wildman–Crippen LogP) is 4.85. The van der Waals surface area contributed by atoms with Crippen molar-refractivity contribution >= 4 is 92.6 Å². The van der Waals surface area contributed by atoms with E-state index in [1.54, 1.807) is 6.91 Å². The van der Waals surface area contributed by atoms with E-state index in [0.29, 0.717) is 22.1 Å². The van der Waals surface area contributed by atoms with Crippen molar-refractivity contribution in [3.63, 3.8) is 0 Å². The molecule has 7 heteroatoms. The van der Waals surface area contributed by atoms with Gasteiger partial charge in [-0.2, -0.15) is 0 Å². The Morgan fingerprint density at radius 1 is 0.489 bits per heavy atom. The van der Waals surface area contributed by atoms with Crippen LogP contribution in [-0.4, -0.2) is 47.8 Å². The fourth-order valence-electron chi connectivity index (χ4n) is 6.49. The number of hydrogen-bond donors (Lipinski definition) is 0. The van der Waals surface area contributed by atoms with Crippen molar-refractivity contribution in [2.45, 2.75) is 0 Å². The normalized spacial score (nSPS) is 11.4. The van der Waals surface area contributed by atoms with E-state index >= 15 is 0 Å². The van der Waals surface area contributed by atoms with Crippen LogP contribution < -0.4 is 21.7 Å². The first-order valence-corrected chi connectivity index (χ1v) is 14.8. The molecular weight excluding hydrogens is 538 g/mol. The molecule has 0 aliphatic heterocycles. The first-order valence-electron chi connectivity index (χ1n) is 14.8. The summed E-state index contributed by atoms with van der Waals surface area (Å²) >= 11 is 0. The van der Waals surface area contributed by atoms with Crippen molar-refractivity contribution in [2.24, 2.45) is 0 Å². The van der Waals surface area contributed by atoms with Crippen LogP contribution in [-0.2, 0) is 0 Å². The van der Waals surface area contributed by atoms with Gasteiger partial charge in [0, 0.05) is 0 Å². The Labute approximate surface area is 268 Å². The average Bonchev–Trinajstić information content (AvgIpc) is 3.47. The van der Waals surface area contributed by atoms with Crippen molar-refractivity contribution in [1.29, 1.82) is 0 Å². The van der Waals surface area contributed by atoms with Crippen molar-refractivity contribution in [3.8, 4) is 39.2 Å². The summed E-state index contributed by atoms with van der Waals surface area (Å²) in [5, 5.41) is 4.79. The fourth-order valence-corrected chi connectivity index (χ4v) is 6.49. The van der Waals surface area contributed by atoms with Gasteiger partial charge in [0.2, 0.25) is 0 Å². The van der Waals surface area contributed by atoms with Gasteiger partial charge in [-0.1, -0.05) is 30.3 Å². The molecule has 0 N–H and O–H groups in total. The third-order valence-electron chi connectivity index (χ3n) is 8.69. The molecule has 0 spiro atoms. The van der Waals surface area contributed by atoms with Crippen LogP contribution in [0.25, 0.3) is 71.8 Å². The summed E-state index contributed by atoms with van der Waals surface area (Å²) in [5.74, 6) is 0.641. The Balaban J connectivity index is 1.46. The third kappa shape index (κ3) is 4.41. The van der Waals surface area contributed by atoms with E-state index < -0.39 is 0 Å². The third-order valence-corrected chi connectivity index (χ3v) is 8.69. The molecule has 0 aliphatic carbocycles. The minimum absolute atomic E-state index is 0.257. The number of nitrogens with zero attached hydrogens (tertiary/aromatic N) is 2. The summed E-state index contributed by atoms with van der Waals surface area (Å²) < 4.78 is 2.18. The maximum absolute atomic E-state index is 6.62. The second-order valence-corrected chi connectivity index (χ2v) is 11.3. The van der Waals surface area contributed by atoms with Crippen molar-refractivity contribution in [2.75, 3.05) is 0 Å². The second kappa shape index (κ2) is 10.9. The molecule has 0 bridgehead atoms. The summed E-state index contributed by atoms with van der Waals surface area (Å²) in [6, 6.07) is 44.4. The molecule has 0 saturated carbocycles. The number of imidazole rings is 1. The van der Waals surface area contributed by atoms with E-state index in [0.717, 1.165) is 43.8 Å². The zero-order valence-corrected chi connectivity index (χ0v) is 24.4. The standard InChI is InChI=1S/C38H21B5N2/c39-32-33(40)35(43-37(42)34(32)41)38-44-29-16-8-9-17-30(29)45(38)36-27-14-6-4-12-25(27)31(26-13-5-7-15-28(26)36)24-20-18-23(19-21-24)22-10-2-1-3-11-22/h1-21H. The molecule has 0 saturated heterocycles. The summed E-state index contributed by atoms with van der Waals surface area (Å²) in [4.78, 5) is 5.10. The molecule has 0 aliphatic rings. The van der Waals surface area contributed by atoms with Crippen molar-refractivity contribution in [3.05, 3.63) is 127 Å². The number of hydrogen-bond acceptors (Lipinski definition) is 1. The number of aromatic nitrogens is 2. The molecule has 2 heterocycles. The van der Waals surface area contributed by atoms with Gasteiger partial charge in [0.05, 0.1) is 0 Å². The van der Waals surface area contributed by atoms with Crippen LogP contribution >= 0.6 is 0 Å². The van der Waals surface area contributed by atoms with Crippen LogP contribution in [0.15, 0.2) is 127 Å². The van der Waals surface area contributed by atoms with Gasteiger partial charge in [-0.3, -0.25) is 0 Å². The molecule has 0 atom stereocenters. The summed E-state index contributed by atoms with van der Waals surface area (Å²) in [7, 11) is 25.5. The van der Waals surface area contributed by atoms with Gasteiger partial charge in [0.1, 0.15) is 0 Å². The number of benzene rings is 6. The van der Waals surface area contributed by atoms with Crippen LogP contribution in [0.1, 0.15) is 0 Å². The van der Waals surface area contributed by atoms with Crippen LogP contribution in [0.2, 0.25) is 0 Å². The molecule has 0 amide bonds. The SMILES string of the molecule is [B]c1bc(-c2nc3ccccc3n2-c2c3ccccc3c(-c3ccc(-c4ccccc4)cc3)c3ccccc23)c([B])c([B])c1[B]. The van der Waals surface area contributed by atoms with Crippen molar-refractivity contribution < 1.29 is 0 Å². The Bertz CT molecular complexity index is 2360. The molecule has 8 aromatic rings. The zero-order valence-electron chi connectivity index (χ0n) is 24.4. The predicted molar refractivity (Wildman–Crippen MR) is 195 cm³/mol. The Kier molecular flexibility index (Phi) is 6.64. The van der Waals surface area contributed by atoms with E-state index in [9.17, 15) is 0 Å². The van der Waals surface area contributed by atoms with Gasteiger partial charge < -0.3 is 0 Å². The van der Waals surface area contributed by atoms with Crippen LogP contribution in [0.3, 0.4) is 0 Å². The van der Waals surface area contributed by atoms with E-state index in [4.69, 9.17) is 36.4 Å². The molecule has 45 heavy (non-hydrogen) atoms. The minimum atomic E-state index is 0.257. The molecular formula is C38H21B5N2. The fraction of sp³-hybridized carbons (Fsp3) is 0. The first kappa shape index (κ1) is 27.5. The number of para-hydroxylation sites is 2. The van der Waals surface area contributed by atoms with Crippen LogP contribution in [0.5, 0.6) is 0 Å². The van der Waals surface area contributed by atoms with Gasteiger partial charge in [-0.25, -0.2) is 0 Å².